The predicted octanol–water partition coefficient (Wildman–Crippen LogP) is 1.53. The fraction of sp³-hybridized carbons (Fsp3) is 0.643. The molecule has 0 amide bonds. The Morgan fingerprint density at radius 3 is 2.72 bits per heavy atom. The number of methoxy groups -OCH3 is 1. The van der Waals surface area contributed by atoms with Crippen LogP contribution in [-0.4, -0.2) is 49.3 Å². The van der Waals surface area contributed by atoms with Crippen LogP contribution in [0.1, 0.15) is 19.5 Å². The molecule has 1 atom stereocenters. The van der Waals surface area contributed by atoms with Crippen LogP contribution in [0.2, 0.25) is 0 Å². The van der Waals surface area contributed by atoms with Crippen molar-refractivity contribution in [2.24, 2.45) is 0 Å². The number of hydrogen-bond acceptors (Lipinski definition) is 4. The molecule has 102 valence electrons. The molecule has 0 aliphatic heterocycles. The van der Waals surface area contributed by atoms with Gasteiger partial charge in [-0.05, 0) is 19.2 Å². The van der Waals surface area contributed by atoms with Gasteiger partial charge < -0.3 is 10.1 Å². The van der Waals surface area contributed by atoms with Crippen molar-refractivity contribution in [1.82, 2.24) is 15.2 Å². The van der Waals surface area contributed by atoms with Crippen molar-refractivity contribution >= 4 is 0 Å². The maximum absolute atomic E-state index is 5.29. The van der Waals surface area contributed by atoms with E-state index in [9.17, 15) is 0 Å². The molecule has 1 aromatic heterocycles. The number of nitrogens with one attached hydrogen (secondary N) is 1. The van der Waals surface area contributed by atoms with E-state index in [0.29, 0.717) is 12.1 Å². The lowest BCUT2D eigenvalue weighted by molar-refractivity contribution is 0.0994. The van der Waals surface area contributed by atoms with Crippen LogP contribution in [0, 0.1) is 0 Å². The monoisotopic (exact) mass is 251 g/mol. The zero-order valence-corrected chi connectivity index (χ0v) is 11.9. The molecular formula is C14H25N3O. The van der Waals surface area contributed by atoms with Crippen molar-refractivity contribution in [3.05, 3.63) is 30.1 Å². The maximum atomic E-state index is 5.29. The van der Waals surface area contributed by atoms with Gasteiger partial charge in [-0.3, -0.25) is 9.88 Å². The van der Waals surface area contributed by atoms with Gasteiger partial charge in [-0.1, -0.05) is 19.9 Å². The van der Waals surface area contributed by atoms with E-state index in [1.807, 2.05) is 18.3 Å². The van der Waals surface area contributed by atoms with Crippen molar-refractivity contribution < 1.29 is 4.74 Å². The van der Waals surface area contributed by atoms with Crippen LogP contribution >= 0.6 is 0 Å². The second kappa shape index (κ2) is 8.19. The summed E-state index contributed by atoms with van der Waals surface area (Å²) in [6, 6.07) is 6.87. The molecule has 18 heavy (non-hydrogen) atoms. The molecule has 1 rings (SSSR count). The van der Waals surface area contributed by atoms with Crippen molar-refractivity contribution in [2.45, 2.75) is 32.5 Å². The van der Waals surface area contributed by atoms with Gasteiger partial charge in [-0.15, -0.1) is 0 Å². The molecule has 1 aromatic rings. The van der Waals surface area contributed by atoms with Gasteiger partial charge >= 0.3 is 0 Å². The highest BCUT2D eigenvalue weighted by Crippen LogP contribution is 2.04. The normalized spacial score (nSPS) is 13.2. The minimum atomic E-state index is 0.361. The van der Waals surface area contributed by atoms with Crippen molar-refractivity contribution in [3.8, 4) is 0 Å². The molecule has 1 heterocycles. The summed E-state index contributed by atoms with van der Waals surface area (Å²) in [7, 11) is 3.86. The molecule has 0 bridgehead atoms. The summed E-state index contributed by atoms with van der Waals surface area (Å²) in [6.45, 7) is 6.80. The average molecular weight is 251 g/mol. The number of ether oxygens (including phenoxy) is 1. The Morgan fingerprint density at radius 1 is 1.39 bits per heavy atom. The van der Waals surface area contributed by atoms with Crippen LogP contribution in [0.15, 0.2) is 24.4 Å². The van der Waals surface area contributed by atoms with Crippen LogP contribution in [-0.2, 0) is 11.3 Å². The largest absolute Gasteiger partial charge is 0.383 e. The molecule has 0 radical (unpaired) electrons. The van der Waals surface area contributed by atoms with Crippen LogP contribution in [0.25, 0.3) is 0 Å². The summed E-state index contributed by atoms with van der Waals surface area (Å²) >= 11 is 0. The fourth-order valence-electron chi connectivity index (χ4n) is 1.78. The number of pyridine rings is 1. The number of likely N-dealkylation sites (N-methyl/N-ethyl adjacent to an activating group) is 1. The summed E-state index contributed by atoms with van der Waals surface area (Å²) in [5, 5.41) is 3.45. The molecule has 1 unspecified atom stereocenters. The Morgan fingerprint density at radius 2 is 2.17 bits per heavy atom. The van der Waals surface area contributed by atoms with E-state index < -0.39 is 0 Å². The highest BCUT2D eigenvalue weighted by Gasteiger charge is 2.15. The van der Waals surface area contributed by atoms with Gasteiger partial charge in [0.15, 0.2) is 0 Å². The van der Waals surface area contributed by atoms with Gasteiger partial charge in [0.05, 0.1) is 12.3 Å². The lowest BCUT2D eigenvalue weighted by Crippen LogP contribution is -2.44. The van der Waals surface area contributed by atoms with Gasteiger partial charge in [0, 0.05) is 38.5 Å². The molecule has 0 saturated heterocycles. The molecule has 0 aromatic carbocycles. The fourth-order valence-corrected chi connectivity index (χ4v) is 1.78. The van der Waals surface area contributed by atoms with Crippen molar-refractivity contribution in [3.63, 3.8) is 0 Å². The molecule has 0 aliphatic carbocycles. The lowest BCUT2D eigenvalue weighted by atomic mass is 10.2. The Bertz CT molecular complexity index is 316. The molecule has 0 spiro atoms. The number of rotatable bonds is 8. The first-order valence-electron chi connectivity index (χ1n) is 6.46. The van der Waals surface area contributed by atoms with E-state index in [0.717, 1.165) is 25.4 Å². The molecular weight excluding hydrogens is 226 g/mol. The van der Waals surface area contributed by atoms with E-state index in [4.69, 9.17) is 4.74 Å². The molecule has 0 aliphatic rings. The van der Waals surface area contributed by atoms with Gasteiger partial charge in [-0.25, -0.2) is 0 Å². The SMILES string of the molecule is COCC(CNC(C)C)N(C)Cc1ccccn1. The molecule has 4 nitrogen and oxygen atoms in total. The lowest BCUT2D eigenvalue weighted by Gasteiger charge is -2.28. The third kappa shape index (κ3) is 5.58. The van der Waals surface area contributed by atoms with E-state index in [2.05, 4.69) is 42.2 Å². The van der Waals surface area contributed by atoms with Crippen LogP contribution in [0.5, 0.6) is 0 Å². The minimum Gasteiger partial charge on any atom is -0.383 e. The van der Waals surface area contributed by atoms with Gasteiger partial charge in [0.25, 0.3) is 0 Å². The topological polar surface area (TPSA) is 37.4 Å². The van der Waals surface area contributed by atoms with Crippen molar-refractivity contribution in [2.75, 3.05) is 27.3 Å². The van der Waals surface area contributed by atoms with E-state index >= 15 is 0 Å². The first-order valence-corrected chi connectivity index (χ1v) is 6.46. The molecule has 0 fully saturated rings. The standard InChI is InChI=1S/C14H25N3O/c1-12(2)16-9-14(11-18-4)17(3)10-13-7-5-6-8-15-13/h5-8,12,14,16H,9-11H2,1-4H3. The summed E-state index contributed by atoms with van der Waals surface area (Å²) in [5.41, 5.74) is 1.09. The summed E-state index contributed by atoms with van der Waals surface area (Å²) in [6.07, 6.45) is 1.83. The summed E-state index contributed by atoms with van der Waals surface area (Å²) in [5.74, 6) is 0. The van der Waals surface area contributed by atoms with E-state index in [-0.39, 0.29) is 0 Å². The number of hydrogen-bond donors (Lipinski definition) is 1. The summed E-state index contributed by atoms with van der Waals surface area (Å²) in [4.78, 5) is 6.63. The second-order valence-corrected chi connectivity index (χ2v) is 4.91. The quantitative estimate of drug-likeness (QED) is 0.760. The van der Waals surface area contributed by atoms with Gasteiger partial charge in [-0.2, -0.15) is 0 Å². The second-order valence-electron chi connectivity index (χ2n) is 4.91. The van der Waals surface area contributed by atoms with Crippen molar-refractivity contribution in [1.29, 1.82) is 0 Å². The number of aromatic nitrogens is 1. The highest BCUT2D eigenvalue weighted by atomic mass is 16.5. The van der Waals surface area contributed by atoms with E-state index in [1.54, 1.807) is 7.11 Å². The third-order valence-corrected chi connectivity index (χ3v) is 2.88. The summed E-state index contributed by atoms with van der Waals surface area (Å²) < 4.78 is 5.29. The van der Waals surface area contributed by atoms with Crippen LogP contribution in [0.4, 0.5) is 0 Å². The Hall–Kier alpha value is -0.970. The van der Waals surface area contributed by atoms with Crippen LogP contribution < -0.4 is 5.32 Å². The maximum Gasteiger partial charge on any atom is 0.0630 e. The molecule has 4 heteroatoms. The van der Waals surface area contributed by atoms with Gasteiger partial charge in [0.1, 0.15) is 0 Å². The third-order valence-electron chi connectivity index (χ3n) is 2.88. The first-order chi connectivity index (χ1) is 8.63. The van der Waals surface area contributed by atoms with Crippen LogP contribution in [0.3, 0.4) is 0 Å². The zero-order chi connectivity index (χ0) is 13.4. The van der Waals surface area contributed by atoms with E-state index in [1.165, 1.54) is 0 Å². The highest BCUT2D eigenvalue weighted by molar-refractivity contribution is 5.03. The molecule has 0 saturated carbocycles. The number of nitrogens with zero attached hydrogens (tertiary/aromatic N) is 2. The Kier molecular flexibility index (Phi) is 6.86. The Labute approximate surface area is 110 Å². The van der Waals surface area contributed by atoms with Gasteiger partial charge in [0.2, 0.25) is 0 Å². The minimum absolute atomic E-state index is 0.361. The average Bonchev–Trinajstić information content (AvgIpc) is 2.35. The first kappa shape index (κ1) is 15.1. The zero-order valence-electron chi connectivity index (χ0n) is 11.9. The predicted molar refractivity (Wildman–Crippen MR) is 74.5 cm³/mol. The smallest absolute Gasteiger partial charge is 0.0630 e. The Balaban J connectivity index is 2.50. The molecule has 1 N–H and O–H groups in total.